The zero-order valence-electron chi connectivity index (χ0n) is 17.6. The highest BCUT2D eigenvalue weighted by Crippen LogP contribution is 2.24. The number of morpholine rings is 1. The van der Waals surface area contributed by atoms with Crippen LogP contribution in [-0.2, 0) is 19.6 Å². The van der Waals surface area contributed by atoms with E-state index in [2.05, 4.69) is 19.2 Å². The van der Waals surface area contributed by atoms with E-state index in [0.717, 1.165) is 0 Å². The molecule has 162 valence electrons. The van der Waals surface area contributed by atoms with E-state index in [1.165, 1.54) is 15.9 Å². The van der Waals surface area contributed by atoms with Gasteiger partial charge in [0.25, 0.3) is 5.91 Å². The van der Waals surface area contributed by atoms with Crippen molar-refractivity contribution in [2.24, 2.45) is 0 Å². The highest BCUT2D eigenvalue weighted by Gasteiger charge is 2.28. The maximum absolute atomic E-state index is 13.0. The van der Waals surface area contributed by atoms with Gasteiger partial charge in [-0.1, -0.05) is 32.0 Å². The number of carbonyl (C=O) groups is 1. The maximum Gasteiger partial charge on any atom is 0.262 e. The van der Waals surface area contributed by atoms with Crippen molar-refractivity contribution in [2.75, 3.05) is 38.2 Å². The molecule has 0 aromatic heterocycles. The zero-order valence-corrected chi connectivity index (χ0v) is 18.4. The van der Waals surface area contributed by atoms with E-state index < -0.39 is 10.0 Å². The van der Waals surface area contributed by atoms with Gasteiger partial charge in [0.2, 0.25) is 10.0 Å². The van der Waals surface area contributed by atoms with Crippen molar-refractivity contribution < 1.29 is 22.7 Å². The second kappa shape index (κ2) is 9.59. The van der Waals surface area contributed by atoms with Crippen LogP contribution >= 0.6 is 0 Å². The molecule has 2 aromatic rings. The standard InChI is InChI=1S/C22H28N2O5S/c1-16(2)18-5-8-20(9-6-18)29-15-22(25)23-19-7-4-17(3)21(14-19)30(26,27)24-10-12-28-13-11-24/h4-9,14,16H,10-13,15H2,1-3H3,(H,23,25). The largest absolute Gasteiger partial charge is 0.484 e. The molecule has 0 atom stereocenters. The van der Waals surface area contributed by atoms with Crippen LogP contribution in [0.1, 0.15) is 30.9 Å². The van der Waals surface area contributed by atoms with Crippen molar-refractivity contribution in [1.29, 1.82) is 0 Å². The van der Waals surface area contributed by atoms with Gasteiger partial charge in [-0.3, -0.25) is 4.79 Å². The van der Waals surface area contributed by atoms with E-state index in [0.29, 0.717) is 49.2 Å². The minimum absolute atomic E-state index is 0.166. The summed E-state index contributed by atoms with van der Waals surface area (Å²) in [5.74, 6) is 0.669. The van der Waals surface area contributed by atoms with Crippen LogP contribution in [0.3, 0.4) is 0 Å². The number of nitrogens with zero attached hydrogens (tertiary/aromatic N) is 1. The topological polar surface area (TPSA) is 84.9 Å². The smallest absolute Gasteiger partial charge is 0.262 e. The third kappa shape index (κ3) is 5.38. The highest BCUT2D eigenvalue weighted by molar-refractivity contribution is 7.89. The lowest BCUT2D eigenvalue weighted by atomic mass is 10.0. The quantitative estimate of drug-likeness (QED) is 0.727. The van der Waals surface area contributed by atoms with E-state index in [-0.39, 0.29) is 17.4 Å². The molecule has 1 N–H and O–H groups in total. The summed E-state index contributed by atoms with van der Waals surface area (Å²) in [6, 6.07) is 12.5. The Hall–Kier alpha value is -2.42. The Bertz CT molecular complexity index is 981. The van der Waals surface area contributed by atoms with E-state index >= 15 is 0 Å². The molecular formula is C22H28N2O5S. The molecule has 0 spiro atoms. The van der Waals surface area contributed by atoms with Gasteiger partial charge < -0.3 is 14.8 Å². The van der Waals surface area contributed by atoms with Crippen molar-refractivity contribution in [2.45, 2.75) is 31.6 Å². The van der Waals surface area contributed by atoms with Crippen molar-refractivity contribution >= 4 is 21.6 Å². The molecule has 30 heavy (non-hydrogen) atoms. The molecule has 0 aliphatic carbocycles. The number of ether oxygens (including phenoxy) is 2. The van der Waals surface area contributed by atoms with E-state index in [1.807, 2.05) is 24.3 Å². The van der Waals surface area contributed by atoms with Gasteiger partial charge in [0, 0.05) is 18.8 Å². The fraction of sp³-hybridized carbons (Fsp3) is 0.409. The van der Waals surface area contributed by atoms with Crippen LogP contribution < -0.4 is 10.1 Å². The number of rotatable bonds is 7. The number of sulfonamides is 1. The number of hydrogen-bond acceptors (Lipinski definition) is 5. The summed E-state index contributed by atoms with van der Waals surface area (Å²) in [5.41, 5.74) is 2.23. The molecule has 1 aliphatic heterocycles. The molecule has 0 bridgehead atoms. The first kappa shape index (κ1) is 22.3. The van der Waals surface area contributed by atoms with Gasteiger partial charge in [0.05, 0.1) is 18.1 Å². The SMILES string of the molecule is Cc1ccc(NC(=O)COc2ccc(C(C)C)cc2)cc1S(=O)(=O)N1CCOCC1. The monoisotopic (exact) mass is 432 g/mol. The van der Waals surface area contributed by atoms with Gasteiger partial charge >= 0.3 is 0 Å². The van der Waals surface area contributed by atoms with E-state index in [9.17, 15) is 13.2 Å². The zero-order chi connectivity index (χ0) is 21.7. The number of hydrogen-bond donors (Lipinski definition) is 1. The molecule has 8 heteroatoms. The van der Waals surface area contributed by atoms with Crippen molar-refractivity contribution in [3.63, 3.8) is 0 Å². The average molecular weight is 433 g/mol. The van der Waals surface area contributed by atoms with Crippen LogP contribution in [0.25, 0.3) is 0 Å². The van der Waals surface area contributed by atoms with Gasteiger partial charge in [-0.2, -0.15) is 4.31 Å². The Morgan fingerprint density at radius 2 is 1.80 bits per heavy atom. The molecule has 3 rings (SSSR count). The summed E-state index contributed by atoms with van der Waals surface area (Å²) in [6.45, 7) is 7.19. The number of carbonyl (C=O) groups excluding carboxylic acids is 1. The molecule has 0 unspecified atom stereocenters. The van der Waals surface area contributed by atoms with Gasteiger partial charge in [0.15, 0.2) is 6.61 Å². The summed E-state index contributed by atoms with van der Waals surface area (Å²) < 4.78 is 38.1. The van der Waals surface area contributed by atoms with Crippen LogP contribution in [-0.4, -0.2) is 51.5 Å². The Morgan fingerprint density at radius 3 is 2.43 bits per heavy atom. The summed E-state index contributed by atoms with van der Waals surface area (Å²) in [5, 5.41) is 2.71. The Labute approximate surface area is 178 Å². The Morgan fingerprint density at radius 1 is 1.13 bits per heavy atom. The molecular weight excluding hydrogens is 404 g/mol. The lowest BCUT2D eigenvalue weighted by Crippen LogP contribution is -2.40. The van der Waals surface area contributed by atoms with Gasteiger partial charge in [-0.05, 0) is 48.2 Å². The molecule has 1 aliphatic rings. The van der Waals surface area contributed by atoms with Gasteiger partial charge in [0.1, 0.15) is 5.75 Å². The predicted octanol–water partition coefficient (Wildman–Crippen LogP) is 3.16. The summed E-state index contributed by atoms with van der Waals surface area (Å²) in [6.07, 6.45) is 0. The fourth-order valence-electron chi connectivity index (χ4n) is 3.18. The van der Waals surface area contributed by atoms with Crippen molar-refractivity contribution in [1.82, 2.24) is 4.31 Å². The predicted molar refractivity (Wildman–Crippen MR) is 115 cm³/mol. The van der Waals surface area contributed by atoms with Crippen LogP contribution in [0.2, 0.25) is 0 Å². The molecule has 0 saturated carbocycles. The van der Waals surface area contributed by atoms with Gasteiger partial charge in [-0.25, -0.2) is 8.42 Å². The van der Waals surface area contributed by atoms with Crippen LogP contribution in [0.4, 0.5) is 5.69 Å². The molecule has 2 aromatic carbocycles. The molecule has 7 nitrogen and oxygen atoms in total. The summed E-state index contributed by atoms with van der Waals surface area (Å²) >= 11 is 0. The summed E-state index contributed by atoms with van der Waals surface area (Å²) in [7, 11) is -3.65. The third-order valence-electron chi connectivity index (χ3n) is 4.98. The first-order chi connectivity index (χ1) is 14.3. The number of anilines is 1. The van der Waals surface area contributed by atoms with Crippen molar-refractivity contribution in [3.8, 4) is 5.75 Å². The minimum atomic E-state index is -3.65. The van der Waals surface area contributed by atoms with E-state index in [4.69, 9.17) is 9.47 Å². The normalized spacial score (nSPS) is 15.2. The Balaban J connectivity index is 1.65. The first-order valence-corrected chi connectivity index (χ1v) is 11.4. The lowest BCUT2D eigenvalue weighted by Gasteiger charge is -2.26. The summed E-state index contributed by atoms with van der Waals surface area (Å²) in [4.78, 5) is 12.5. The van der Waals surface area contributed by atoms with E-state index in [1.54, 1.807) is 19.1 Å². The molecule has 1 heterocycles. The fourth-order valence-corrected chi connectivity index (χ4v) is 4.84. The number of benzene rings is 2. The van der Waals surface area contributed by atoms with Crippen LogP contribution in [0.5, 0.6) is 5.75 Å². The second-order valence-electron chi connectivity index (χ2n) is 7.56. The first-order valence-electron chi connectivity index (χ1n) is 9.98. The molecule has 1 saturated heterocycles. The third-order valence-corrected chi connectivity index (χ3v) is 7.02. The maximum atomic E-state index is 13.0. The number of amides is 1. The highest BCUT2D eigenvalue weighted by atomic mass is 32.2. The average Bonchev–Trinajstić information content (AvgIpc) is 2.74. The van der Waals surface area contributed by atoms with Gasteiger partial charge in [-0.15, -0.1) is 0 Å². The Kier molecular flexibility index (Phi) is 7.12. The lowest BCUT2D eigenvalue weighted by molar-refractivity contribution is -0.118. The second-order valence-corrected chi connectivity index (χ2v) is 9.46. The molecule has 1 amide bonds. The molecule has 1 fully saturated rings. The van der Waals surface area contributed by atoms with Crippen LogP contribution in [0, 0.1) is 6.92 Å². The number of aryl methyl sites for hydroxylation is 1. The minimum Gasteiger partial charge on any atom is -0.484 e. The number of nitrogens with one attached hydrogen (secondary N) is 1. The van der Waals surface area contributed by atoms with Crippen molar-refractivity contribution in [3.05, 3.63) is 53.6 Å². The van der Waals surface area contributed by atoms with Crippen LogP contribution in [0.15, 0.2) is 47.4 Å². The molecule has 0 radical (unpaired) electrons.